The Labute approximate surface area is 112 Å². The fourth-order valence-electron chi connectivity index (χ4n) is 1.76. The summed E-state index contributed by atoms with van der Waals surface area (Å²) in [5.74, 6) is -0.477. The number of aryl methyl sites for hydroxylation is 2. The number of hydrogen-bond acceptors (Lipinski definition) is 5. The first-order chi connectivity index (χ1) is 8.80. The second kappa shape index (κ2) is 6.16. The van der Waals surface area contributed by atoms with Crippen LogP contribution in [0.25, 0.3) is 0 Å². The first kappa shape index (κ1) is 15.6. The standard InChI is InChI=1S/C11H19N3O4S/c1-4-5-6-14(7-10(12)15)19(16,17)11-8(2)13-18-9(11)3/h4-7H2,1-3H3,(H2,12,15). The SMILES string of the molecule is CCCCN(CC(N)=O)S(=O)(=O)c1c(C)noc1C. The van der Waals surface area contributed by atoms with Gasteiger partial charge in [-0.3, -0.25) is 4.79 Å². The van der Waals surface area contributed by atoms with Crippen molar-refractivity contribution in [3.8, 4) is 0 Å². The summed E-state index contributed by atoms with van der Waals surface area (Å²) in [7, 11) is -3.81. The van der Waals surface area contributed by atoms with Crippen molar-refractivity contribution < 1.29 is 17.7 Å². The Morgan fingerprint density at radius 2 is 2.05 bits per heavy atom. The maximum atomic E-state index is 12.5. The van der Waals surface area contributed by atoms with E-state index in [0.29, 0.717) is 6.42 Å². The number of primary amides is 1. The van der Waals surface area contributed by atoms with Crippen LogP contribution in [0.2, 0.25) is 0 Å². The zero-order valence-corrected chi connectivity index (χ0v) is 12.2. The molecule has 0 saturated carbocycles. The second-order valence-corrected chi connectivity index (χ2v) is 6.19. The van der Waals surface area contributed by atoms with Gasteiger partial charge in [-0.1, -0.05) is 18.5 Å². The van der Waals surface area contributed by atoms with E-state index in [-0.39, 0.29) is 29.4 Å². The second-order valence-electron chi connectivity index (χ2n) is 4.31. The topological polar surface area (TPSA) is 106 Å². The Balaban J connectivity index is 3.15. The van der Waals surface area contributed by atoms with Crippen LogP contribution in [0.15, 0.2) is 9.42 Å². The quantitative estimate of drug-likeness (QED) is 0.789. The minimum Gasteiger partial charge on any atom is -0.369 e. The molecule has 108 valence electrons. The average Bonchev–Trinajstić information content (AvgIpc) is 2.64. The Bertz CT molecular complexity index is 531. The summed E-state index contributed by atoms with van der Waals surface area (Å²) >= 11 is 0. The number of carbonyl (C=O) groups is 1. The van der Waals surface area contributed by atoms with Gasteiger partial charge in [-0.2, -0.15) is 4.31 Å². The molecule has 0 radical (unpaired) electrons. The summed E-state index contributed by atoms with van der Waals surface area (Å²) in [4.78, 5) is 11.1. The molecule has 0 aromatic carbocycles. The van der Waals surface area contributed by atoms with Crippen LogP contribution in [0.1, 0.15) is 31.2 Å². The zero-order chi connectivity index (χ0) is 14.6. The van der Waals surface area contributed by atoms with E-state index >= 15 is 0 Å². The highest BCUT2D eigenvalue weighted by Crippen LogP contribution is 2.23. The van der Waals surface area contributed by atoms with Crippen molar-refractivity contribution in [2.24, 2.45) is 5.73 Å². The first-order valence-electron chi connectivity index (χ1n) is 6.02. The lowest BCUT2D eigenvalue weighted by molar-refractivity contribution is -0.118. The molecule has 1 heterocycles. The van der Waals surface area contributed by atoms with Gasteiger partial charge in [0.2, 0.25) is 15.9 Å². The number of sulfonamides is 1. The minimum absolute atomic E-state index is 0.0184. The van der Waals surface area contributed by atoms with Crippen molar-refractivity contribution in [1.82, 2.24) is 9.46 Å². The van der Waals surface area contributed by atoms with Crippen molar-refractivity contribution in [1.29, 1.82) is 0 Å². The molecule has 0 atom stereocenters. The van der Waals surface area contributed by atoms with Crippen LogP contribution in [0.5, 0.6) is 0 Å². The molecular weight excluding hydrogens is 270 g/mol. The summed E-state index contributed by atoms with van der Waals surface area (Å²) in [6.07, 6.45) is 1.46. The van der Waals surface area contributed by atoms with E-state index in [1.807, 2.05) is 6.92 Å². The van der Waals surface area contributed by atoms with Gasteiger partial charge in [0.05, 0.1) is 6.54 Å². The van der Waals surface area contributed by atoms with Crippen molar-refractivity contribution in [3.05, 3.63) is 11.5 Å². The van der Waals surface area contributed by atoms with Gasteiger partial charge in [0.25, 0.3) is 0 Å². The lowest BCUT2D eigenvalue weighted by atomic mass is 10.3. The van der Waals surface area contributed by atoms with Crippen LogP contribution >= 0.6 is 0 Å². The van der Waals surface area contributed by atoms with Crippen molar-refractivity contribution >= 4 is 15.9 Å². The molecule has 0 aliphatic rings. The van der Waals surface area contributed by atoms with Gasteiger partial charge in [-0.05, 0) is 20.3 Å². The number of aromatic nitrogens is 1. The van der Waals surface area contributed by atoms with Gasteiger partial charge in [-0.25, -0.2) is 8.42 Å². The van der Waals surface area contributed by atoms with Gasteiger partial charge >= 0.3 is 0 Å². The van der Waals surface area contributed by atoms with E-state index in [1.165, 1.54) is 6.92 Å². The van der Waals surface area contributed by atoms with Gasteiger partial charge in [0.1, 0.15) is 10.6 Å². The van der Waals surface area contributed by atoms with Crippen LogP contribution < -0.4 is 5.73 Å². The number of nitrogens with zero attached hydrogens (tertiary/aromatic N) is 2. The molecule has 0 aliphatic heterocycles. The lowest BCUT2D eigenvalue weighted by Crippen LogP contribution is -2.39. The molecule has 8 heteroatoms. The molecule has 0 unspecified atom stereocenters. The molecular formula is C11H19N3O4S. The fourth-order valence-corrected chi connectivity index (χ4v) is 3.50. The number of unbranched alkanes of at least 4 members (excludes halogenated alkanes) is 1. The number of rotatable bonds is 7. The molecule has 0 spiro atoms. The monoisotopic (exact) mass is 289 g/mol. The van der Waals surface area contributed by atoms with E-state index < -0.39 is 15.9 Å². The molecule has 1 rings (SSSR count). The van der Waals surface area contributed by atoms with E-state index in [0.717, 1.165) is 10.7 Å². The van der Waals surface area contributed by atoms with Gasteiger partial charge in [-0.15, -0.1) is 0 Å². The van der Waals surface area contributed by atoms with Crippen LogP contribution in [0, 0.1) is 13.8 Å². The number of amides is 1. The summed E-state index contributed by atoms with van der Waals surface area (Å²) < 4.78 is 30.9. The molecule has 7 nitrogen and oxygen atoms in total. The molecule has 1 aromatic rings. The third-order valence-electron chi connectivity index (χ3n) is 2.66. The smallest absolute Gasteiger partial charge is 0.248 e. The predicted octanol–water partition coefficient (Wildman–Crippen LogP) is 0.568. The lowest BCUT2D eigenvalue weighted by Gasteiger charge is -2.20. The van der Waals surface area contributed by atoms with E-state index in [1.54, 1.807) is 6.92 Å². The third-order valence-corrected chi connectivity index (χ3v) is 4.75. The number of nitrogens with two attached hydrogens (primary N) is 1. The number of hydrogen-bond donors (Lipinski definition) is 1. The van der Waals surface area contributed by atoms with Crippen LogP contribution in [0.3, 0.4) is 0 Å². The Hall–Kier alpha value is -1.41. The summed E-state index contributed by atoms with van der Waals surface area (Å²) in [6, 6.07) is 0. The third kappa shape index (κ3) is 3.54. The van der Waals surface area contributed by atoms with Gasteiger partial charge < -0.3 is 10.3 Å². The van der Waals surface area contributed by atoms with E-state index in [4.69, 9.17) is 10.3 Å². The predicted molar refractivity (Wildman–Crippen MR) is 68.8 cm³/mol. The van der Waals surface area contributed by atoms with E-state index in [2.05, 4.69) is 5.16 Å². The maximum Gasteiger partial charge on any atom is 0.248 e. The molecule has 0 aliphatic carbocycles. The molecule has 19 heavy (non-hydrogen) atoms. The average molecular weight is 289 g/mol. The van der Waals surface area contributed by atoms with Gasteiger partial charge in [0, 0.05) is 6.54 Å². The largest absolute Gasteiger partial charge is 0.369 e. The molecule has 0 saturated heterocycles. The molecule has 0 bridgehead atoms. The van der Waals surface area contributed by atoms with E-state index in [9.17, 15) is 13.2 Å². The minimum atomic E-state index is -3.81. The Kier molecular flexibility index (Phi) is 5.07. The maximum absolute atomic E-state index is 12.5. The first-order valence-corrected chi connectivity index (χ1v) is 7.46. The van der Waals surface area contributed by atoms with Crippen LogP contribution in [-0.4, -0.2) is 36.9 Å². The highest BCUT2D eigenvalue weighted by molar-refractivity contribution is 7.89. The summed E-state index contributed by atoms with van der Waals surface area (Å²) in [5, 5.41) is 3.63. The Morgan fingerprint density at radius 1 is 1.42 bits per heavy atom. The normalized spacial score (nSPS) is 12.0. The van der Waals surface area contributed by atoms with Crippen LogP contribution in [0.4, 0.5) is 0 Å². The van der Waals surface area contributed by atoms with Crippen LogP contribution in [-0.2, 0) is 14.8 Å². The zero-order valence-electron chi connectivity index (χ0n) is 11.3. The fraction of sp³-hybridized carbons (Fsp3) is 0.636. The molecule has 2 N–H and O–H groups in total. The van der Waals surface area contributed by atoms with Crippen molar-refractivity contribution in [2.45, 2.75) is 38.5 Å². The highest BCUT2D eigenvalue weighted by Gasteiger charge is 2.31. The summed E-state index contributed by atoms with van der Waals surface area (Å²) in [5.41, 5.74) is 5.39. The molecule has 1 amide bonds. The highest BCUT2D eigenvalue weighted by atomic mass is 32.2. The van der Waals surface area contributed by atoms with Gasteiger partial charge in [0.15, 0.2) is 5.76 Å². The molecule has 0 fully saturated rings. The molecule has 1 aromatic heterocycles. The van der Waals surface area contributed by atoms with Crippen molar-refractivity contribution in [3.63, 3.8) is 0 Å². The summed E-state index contributed by atoms with van der Waals surface area (Å²) in [6.45, 7) is 4.91. The number of carbonyl (C=O) groups excluding carboxylic acids is 1. The van der Waals surface area contributed by atoms with Crippen molar-refractivity contribution in [2.75, 3.05) is 13.1 Å². The Morgan fingerprint density at radius 3 is 2.47 bits per heavy atom.